The Morgan fingerprint density at radius 1 is 1.75 bits per heavy atom. The number of nitrogens with two attached hydrogens (primary N) is 1. The zero-order valence-electron chi connectivity index (χ0n) is 7.04. The summed E-state index contributed by atoms with van der Waals surface area (Å²) < 4.78 is 0. The van der Waals surface area contributed by atoms with Gasteiger partial charge in [-0.05, 0) is 6.92 Å². The molecular formula is C7H13N3O2. The van der Waals surface area contributed by atoms with Crippen LogP contribution in [0.2, 0.25) is 0 Å². The van der Waals surface area contributed by atoms with Crippen molar-refractivity contribution in [3.8, 4) is 0 Å². The minimum Gasteiger partial charge on any atom is -0.353 e. The molecule has 5 heteroatoms. The monoisotopic (exact) mass is 171 g/mol. The van der Waals surface area contributed by atoms with Gasteiger partial charge in [-0.25, -0.2) is 0 Å². The molecule has 1 saturated heterocycles. The predicted octanol–water partition coefficient (Wildman–Crippen LogP) is -1.71. The summed E-state index contributed by atoms with van der Waals surface area (Å²) in [5.74, 6) is -0.278. The third-order valence-electron chi connectivity index (χ3n) is 1.74. The molecule has 2 amide bonds. The lowest BCUT2D eigenvalue weighted by atomic mass is 10.2. The highest BCUT2D eigenvalue weighted by Gasteiger charge is 2.22. The molecular weight excluding hydrogens is 158 g/mol. The summed E-state index contributed by atoms with van der Waals surface area (Å²) in [6.07, 6.45) is 0. The van der Waals surface area contributed by atoms with Crippen LogP contribution >= 0.6 is 0 Å². The summed E-state index contributed by atoms with van der Waals surface area (Å²) in [6.45, 7) is 2.85. The first-order valence-electron chi connectivity index (χ1n) is 3.92. The van der Waals surface area contributed by atoms with Crippen LogP contribution in [-0.4, -0.2) is 42.4 Å². The van der Waals surface area contributed by atoms with Gasteiger partial charge in [0.15, 0.2) is 0 Å². The van der Waals surface area contributed by atoms with Gasteiger partial charge < -0.3 is 16.0 Å². The Kier molecular flexibility index (Phi) is 2.65. The first-order valence-corrected chi connectivity index (χ1v) is 3.92. The lowest BCUT2D eigenvalue weighted by Crippen LogP contribution is -2.53. The summed E-state index contributed by atoms with van der Waals surface area (Å²) in [7, 11) is 0. The molecule has 1 atom stereocenters. The molecule has 1 rings (SSSR count). The SMILES string of the molecule is CC(N)C(=O)N1CCNC(=O)C1. The fourth-order valence-corrected chi connectivity index (χ4v) is 1.11. The van der Waals surface area contributed by atoms with Crippen LogP contribution in [0, 0.1) is 0 Å². The minimum atomic E-state index is -0.518. The molecule has 0 bridgehead atoms. The smallest absolute Gasteiger partial charge is 0.239 e. The average molecular weight is 171 g/mol. The zero-order valence-corrected chi connectivity index (χ0v) is 7.04. The lowest BCUT2D eigenvalue weighted by Gasteiger charge is -2.27. The van der Waals surface area contributed by atoms with Crippen molar-refractivity contribution in [3.05, 3.63) is 0 Å². The Morgan fingerprint density at radius 2 is 2.42 bits per heavy atom. The summed E-state index contributed by atoms with van der Waals surface area (Å²) in [6, 6.07) is -0.518. The average Bonchev–Trinajstić information content (AvgIpc) is 2.03. The molecule has 0 radical (unpaired) electrons. The van der Waals surface area contributed by atoms with E-state index in [0.29, 0.717) is 13.1 Å². The first-order chi connectivity index (χ1) is 5.61. The highest BCUT2D eigenvalue weighted by Crippen LogP contribution is 1.96. The third kappa shape index (κ3) is 1.94. The van der Waals surface area contributed by atoms with E-state index in [1.54, 1.807) is 6.92 Å². The number of carbonyl (C=O) groups excluding carboxylic acids is 2. The molecule has 0 saturated carbocycles. The molecule has 3 N–H and O–H groups in total. The van der Waals surface area contributed by atoms with Gasteiger partial charge >= 0.3 is 0 Å². The topological polar surface area (TPSA) is 75.4 Å². The molecule has 1 heterocycles. The first kappa shape index (κ1) is 8.99. The minimum absolute atomic E-state index is 0.116. The van der Waals surface area contributed by atoms with Crippen LogP contribution < -0.4 is 11.1 Å². The van der Waals surface area contributed by atoms with Gasteiger partial charge in [0.25, 0.3) is 0 Å². The number of hydrogen-bond acceptors (Lipinski definition) is 3. The fourth-order valence-electron chi connectivity index (χ4n) is 1.11. The quantitative estimate of drug-likeness (QED) is 0.493. The van der Waals surface area contributed by atoms with Crippen LogP contribution in [0.25, 0.3) is 0 Å². The van der Waals surface area contributed by atoms with E-state index in [-0.39, 0.29) is 18.4 Å². The number of nitrogens with one attached hydrogen (secondary N) is 1. The van der Waals surface area contributed by atoms with Crippen LogP contribution in [0.1, 0.15) is 6.92 Å². The molecule has 1 aliphatic rings. The van der Waals surface area contributed by atoms with E-state index in [9.17, 15) is 9.59 Å². The molecule has 0 aromatic carbocycles. The van der Waals surface area contributed by atoms with Crippen LogP contribution in [0.5, 0.6) is 0 Å². The molecule has 0 aromatic heterocycles. The summed E-state index contributed by atoms with van der Waals surface area (Å²) >= 11 is 0. The van der Waals surface area contributed by atoms with Gasteiger partial charge in [-0.15, -0.1) is 0 Å². The molecule has 12 heavy (non-hydrogen) atoms. The Balaban J connectivity index is 2.51. The number of rotatable bonds is 1. The van der Waals surface area contributed by atoms with E-state index < -0.39 is 6.04 Å². The Bertz CT molecular complexity index is 203. The number of amides is 2. The largest absolute Gasteiger partial charge is 0.353 e. The van der Waals surface area contributed by atoms with Crippen molar-refractivity contribution in [2.24, 2.45) is 5.73 Å². The van der Waals surface area contributed by atoms with E-state index in [2.05, 4.69) is 5.32 Å². The van der Waals surface area contributed by atoms with E-state index >= 15 is 0 Å². The number of piperazine rings is 1. The van der Waals surface area contributed by atoms with Gasteiger partial charge in [-0.1, -0.05) is 0 Å². The zero-order chi connectivity index (χ0) is 9.14. The van der Waals surface area contributed by atoms with Crippen LogP contribution in [0.3, 0.4) is 0 Å². The van der Waals surface area contributed by atoms with Crippen molar-refractivity contribution in [3.63, 3.8) is 0 Å². The summed E-state index contributed by atoms with van der Waals surface area (Å²) in [4.78, 5) is 23.6. The highest BCUT2D eigenvalue weighted by atomic mass is 16.2. The maximum absolute atomic E-state index is 11.3. The van der Waals surface area contributed by atoms with Crippen molar-refractivity contribution in [1.29, 1.82) is 0 Å². The Morgan fingerprint density at radius 3 is 2.92 bits per heavy atom. The maximum Gasteiger partial charge on any atom is 0.239 e. The molecule has 0 aromatic rings. The molecule has 68 valence electrons. The molecule has 0 spiro atoms. The van der Waals surface area contributed by atoms with Gasteiger partial charge in [0, 0.05) is 13.1 Å². The standard InChI is InChI=1S/C7H13N3O2/c1-5(8)7(12)10-3-2-9-6(11)4-10/h5H,2-4,8H2,1H3,(H,9,11). The van der Waals surface area contributed by atoms with E-state index in [1.807, 2.05) is 0 Å². The van der Waals surface area contributed by atoms with E-state index in [4.69, 9.17) is 5.73 Å². The highest BCUT2D eigenvalue weighted by molar-refractivity contribution is 5.88. The molecule has 1 fully saturated rings. The number of carbonyl (C=O) groups is 2. The van der Waals surface area contributed by atoms with Crippen molar-refractivity contribution in [2.75, 3.05) is 19.6 Å². The van der Waals surface area contributed by atoms with Gasteiger partial charge in [-0.2, -0.15) is 0 Å². The predicted molar refractivity (Wildman–Crippen MR) is 43.2 cm³/mol. The Hall–Kier alpha value is -1.10. The second-order valence-electron chi connectivity index (χ2n) is 2.90. The van der Waals surface area contributed by atoms with Crippen molar-refractivity contribution >= 4 is 11.8 Å². The second-order valence-corrected chi connectivity index (χ2v) is 2.90. The molecule has 0 aliphatic carbocycles. The Labute approximate surface area is 70.9 Å². The van der Waals surface area contributed by atoms with Crippen molar-refractivity contribution in [1.82, 2.24) is 10.2 Å². The van der Waals surface area contributed by atoms with Gasteiger partial charge in [0.05, 0.1) is 12.6 Å². The lowest BCUT2D eigenvalue weighted by molar-refractivity contribution is -0.138. The van der Waals surface area contributed by atoms with Crippen LogP contribution in [-0.2, 0) is 9.59 Å². The van der Waals surface area contributed by atoms with Gasteiger partial charge in [-0.3, -0.25) is 9.59 Å². The van der Waals surface area contributed by atoms with Gasteiger partial charge in [0.2, 0.25) is 11.8 Å². The second kappa shape index (κ2) is 3.53. The maximum atomic E-state index is 11.3. The van der Waals surface area contributed by atoms with E-state index in [1.165, 1.54) is 4.90 Å². The third-order valence-corrected chi connectivity index (χ3v) is 1.74. The summed E-state index contributed by atoms with van der Waals surface area (Å²) in [5.41, 5.74) is 5.39. The van der Waals surface area contributed by atoms with Crippen LogP contribution in [0.4, 0.5) is 0 Å². The van der Waals surface area contributed by atoms with Crippen molar-refractivity contribution in [2.45, 2.75) is 13.0 Å². The van der Waals surface area contributed by atoms with E-state index in [0.717, 1.165) is 0 Å². The fraction of sp³-hybridized carbons (Fsp3) is 0.714. The van der Waals surface area contributed by atoms with Gasteiger partial charge in [0.1, 0.15) is 0 Å². The summed E-state index contributed by atoms with van der Waals surface area (Å²) in [5, 5.41) is 2.63. The number of hydrogen-bond donors (Lipinski definition) is 2. The normalized spacial score (nSPS) is 20.2. The molecule has 1 aliphatic heterocycles. The van der Waals surface area contributed by atoms with Crippen molar-refractivity contribution < 1.29 is 9.59 Å². The molecule has 5 nitrogen and oxygen atoms in total. The number of nitrogens with zero attached hydrogens (tertiary/aromatic N) is 1. The molecule has 1 unspecified atom stereocenters. The van der Waals surface area contributed by atoms with Crippen LogP contribution in [0.15, 0.2) is 0 Å².